The zero-order chi connectivity index (χ0) is 10.6. The van der Waals surface area contributed by atoms with Gasteiger partial charge in [0.1, 0.15) is 0 Å². The molecule has 0 radical (unpaired) electrons. The number of hydrogen-bond donors (Lipinski definition) is 2. The van der Waals surface area contributed by atoms with Crippen LogP contribution in [0.5, 0.6) is 0 Å². The highest BCUT2D eigenvalue weighted by atomic mass is 127. The molecule has 0 aliphatic rings. The first-order chi connectivity index (χ1) is 6.63. The first kappa shape index (κ1) is 11.5. The van der Waals surface area contributed by atoms with E-state index in [0.717, 1.165) is 3.57 Å². The number of amides is 1. The van der Waals surface area contributed by atoms with Gasteiger partial charge in [-0.3, -0.25) is 4.79 Å². The van der Waals surface area contributed by atoms with Crippen LogP contribution in [0.25, 0.3) is 0 Å². The van der Waals surface area contributed by atoms with Crippen LogP contribution in [0.2, 0.25) is 0 Å². The Hall–Kier alpha value is -0.620. The lowest BCUT2D eigenvalue weighted by atomic mass is 10.2. The molecule has 0 aliphatic heterocycles. The fourth-order valence-corrected chi connectivity index (χ4v) is 1.33. The van der Waals surface area contributed by atoms with Gasteiger partial charge in [-0.15, -0.1) is 0 Å². The number of nitrogens with one attached hydrogen (secondary N) is 1. The summed E-state index contributed by atoms with van der Waals surface area (Å²) in [7, 11) is 0. The first-order valence-corrected chi connectivity index (χ1v) is 5.48. The van der Waals surface area contributed by atoms with Crippen LogP contribution in [0, 0.1) is 3.57 Å². The van der Waals surface area contributed by atoms with Gasteiger partial charge >= 0.3 is 0 Å². The van der Waals surface area contributed by atoms with Crippen molar-refractivity contribution >= 4 is 28.5 Å². The summed E-state index contributed by atoms with van der Waals surface area (Å²) in [4.78, 5) is 11.6. The van der Waals surface area contributed by atoms with Crippen molar-refractivity contribution < 1.29 is 4.79 Å². The molecule has 0 heterocycles. The summed E-state index contributed by atoms with van der Waals surface area (Å²) < 4.78 is 1.12. The Kier molecular flexibility index (Phi) is 4.34. The average Bonchev–Trinajstić information content (AvgIpc) is 2.18. The Labute approximate surface area is 97.2 Å². The third kappa shape index (κ3) is 3.26. The van der Waals surface area contributed by atoms with E-state index in [1.54, 1.807) is 12.1 Å². The second-order valence-electron chi connectivity index (χ2n) is 3.12. The van der Waals surface area contributed by atoms with Gasteiger partial charge in [-0.25, -0.2) is 0 Å². The molecule has 3 nitrogen and oxygen atoms in total. The van der Waals surface area contributed by atoms with E-state index in [2.05, 4.69) is 27.9 Å². The smallest absolute Gasteiger partial charge is 0.251 e. The predicted molar refractivity (Wildman–Crippen MR) is 65.1 cm³/mol. The van der Waals surface area contributed by atoms with Gasteiger partial charge in [0, 0.05) is 21.7 Å². The molecule has 0 spiro atoms. The molecule has 14 heavy (non-hydrogen) atoms. The van der Waals surface area contributed by atoms with Gasteiger partial charge in [-0.2, -0.15) is 0 Å². The molecule has 4 heteroatoms. The van der Waals surface area contributed by atoms with Crippen molar-refractivity contribution in [2.24, 2.45) is 5.73 Å². The van der Waals surface area contributed by atoms with Crippen LogP contribution in [0.1, 0.15) is 17.3 Å². The molecule has 76 valence electrons. The predicted octanol–water partition coefficient (Wildman–Crippen LogP) is 1.37. The van der Waals surface area contributed by atoms with Crippen LogP contribution in [-0.2, 0) is 0 Å². The molecule has 1 aromatic carbocycles. The van der Waals surface area contributed by atoms with Gasteiger partial charge in [-0.05, 0) is 53.8 Å². The van der Waals surface area contributed by atoms with Gasteiger partial charge < -0.3 is 11.1 Å². The fraction of sp³-hybridized carbons (Fsp3) is 0.300. The van der Waals surface area contributed by atoms with Crippen molar-refractivity contribution in [1.29, 1.82) is 0 Å². The zero-order valence-electron chi connectivity index (χ0n) is 7.96. The maximum absolute atomic E-state index is 11.6. The minimum absolute atomic E-state index is 0.0155. The van der Waals surface area contributed by atoms with E-state index in [1.807, 2.05) is 19.1 Å². The highest BCUT2D eigenvalue weighted by molar-refractivity contribution is 14.1. The zero-order valence-corrected chi connectivity index (χ0v) is 10.1. The normalized spacial score (nSPS) is 12.2. The van der Waals surface area contributed by atoms with Gasteiger partial charge in [0.2, 0.25) is 0 Å². The lowest BCUT2D eigenvalue weighted by molar-refractivity contribution is 0.0941. The van der Waals surface area contributed by atoms with Gasteiger partial charge in [0.05, 0.1) is 0 Å². The highest BCUT2D eigenvalue weighted by Crippen LogP contribution is 2.06. The summed E-state index contributed by atoms with van der Waals surface area (Å²) in [5.74, 6) is -0.0700. The molecule has 0 unspecified atom stereocenters. The molecule has 3 N–H and O–H groups in total. The summed E-state index contributed by atoms with van der Waals surface area (Å²) in [5.41, 5.74) is 6.08. The van der Waals surface area contributed by atoms with Crippen LogP contribution in [0.3, 0.4) is 0 Å². The van der Waals surface area contributed by atoms with E-state index >= 15 is 0 Å². The van der Waals surface area contributed by atoms with Crippen LogP contribution < -0.4 is 11.1 Å². The molecule has 0 bridgehead atoms. The largest absolute Gasteiger partial charge is 0.348 e. The van der Waals surface area contributed by atoms with Gasteiger partial charge in [0.15, 0.2) is 0 Å². The molecule has 1 atom stereocenters. The van der Waals surface area contributed by atoms with E-state index in [0.29, 0.717) is 12.1 Å². The third-order valence-corrected chi connectivity index (χ3v) is 2.56. The number of carbonyl (C=O) groups excluding carboxylic acids is 1. The molecule has 0 aliphatic carbocycles. The van der Waals surface area contributed by atoms with E-state index < -0.39 is 0 Å². The Balaban J connectivity index is 2.65. The maximum Gasteiger partial charge on any atom is 0.251 e. The maximum atomic E-state index is 11.6. The molecule has 1 aromatic rings. The Bertz CT molecular complexity index is 310. The minimum atomic E-state index is -0.0700. The fourth-order valence-electron chi connectivity index (χ4n) is 0.967. The van der Waals surface area contributed by atoms with Gasteiger partial charge in [0.25, 0.3) is 5.91 Å². The average molecular weight is 304 g/mol. The second kappa shape index (κ2) is 5.31. The van der Waals surface area contributed by atoms with Gasteiger partial charge in [-0.1, -0.05) is 0 Å². The van der Waals surface area contributed by atoms with Crippen molar-refractivity contribution in [3.63, 3.8) is 0 Å². The molecule has 0 saturated heterocycles. The van der Waals surface area contributed by atoms with Crippen molar-refractivity contribution in [2.45, 2.75) is 13.0 Å². The molecule has 1 amide bonds. The Morgan fingerprint density at radius 1 is 1.50 bits per heavy atom. The number of halogens is 1. The van der Waals surface area contributed by atoms with E-state index in [-0.39, 0.29) is 11.9 Å². The summed E-state index contributed by atoms with van der Waals surface area (Å²) >= 11 is 2.20. The highest BCUT2D eigenvalue weighted by Gasteiger charge is 2.07. The number of hydrogen-bond acceptors (Lipinski definition) is 2. The lowest BCUT2D eigenvalue weighted by Gasteiger charge is -2.10. The van der Waals surface area contributed by atoms with Crippen LogP contribution >= 0.6 is 22.6 Å². The van der Waals surface area contributed by atoms with Crippen LogP contribution in [0.15, 0.2) is 24.3 Å². The number of carbonyl (C=O) groups is 1. The first-order valence-electron chi connectivity index (χ1n) is 4.40. The molecular formula is C10H13IN2O. The molecular weight excluding hydrogens is 291 g/mol. The van der Waals surface area contributed by atoms with Crippen LogP contribution in [-0.4, -0.2) is 18.5 Å². The van der Waals surface area contributed by atoms with Crippen molar-refractivity contribution in [1.82, 2.24) is 5.32 Å². The van der Waals surface area contributed by atoms with E-state index in [4.69, 9.17) is 5.73 Å². The summed E-state index contributed by atoms with van der Waals surface area (Å²) in [6.07, 6.45) is 0. The van der Waals surface area contributed by atoms with E-state index in [9.17, 15) is 4.79 Å². The summed E-state index contributed by atoms with van der Waals surface area (Å²) in [5, 5.41) is 2.80. The number of rotatable bonds is 3. The standard InChI is InChI=1S/C10H13IN2O/c1-7(6-12)13-10(14)8-2-4-9(11)5-3-8/h2-5,7H,6,12H2,1H3,(H,13,14)/t7-/m1/s1. The molecule has 1 rings (SSSR count). The molecule has 0 aromatic heterocycles. The summed E-state index contributed by atoms with van der Waals surface area (Å²) in [6, 6.07) is 7.44. The second-order valence-corrected chi connectivity index (χ2v) is 4.36. The van der Waals surface area contributed by atoms with Crippen molar-refractivity contribution in [2.75, 3.05) is 6.54 Å². The summed E-state index contributed by atoms with van der Waals surface area (Å²) in [6.45, 7) is 2.33. The Morgan fingerprint density at radius 2 is 2.07 bits per heavy atom. The number of benzene rings is 1. The third-order valence-electron chi connectivity index (χ3n) is 1.84. The topological polar surface area (TPSA) is 55.1 Å². The number of nitrogens with two attached hydrogens (primary N) is 1. The molecule has 0 fully saturated rings. The Morgan fingerprint density at radius 3 is 2.57 bits per heavy atom. The quantitative estimate of drug-likeness (QED) is 0.829. The van der Waals surface area contributed by atoms with Crippen LogP contribution in [0.4, 0.5) is 0 Å². The monoisotopic (exact) mass is 304 g/mol. The SMILES string of the molecule is C[C@H](CN)NC(=O)c1ccc(I)cc1. The van der Waals surface area contributed by atoms with Crippen molar-refractivity contribution in [3.8, 4) is 0 Å². The molecule has 0 saturated carbocycles. The minimum Gasteiger partial charge on any atom is -0.348 e. The lowest BCUT2D eigenvalue weighted by Crippen LogP contribution is -2.37. The van der Waals surface area contributed by atoms with Crippen molar-refractivity contribution in [3.05, 3.63) is 33.4 Å². The van der Waals surface area contributed by atoms with E-state index in [1.165, 1.54) is 0 Å².